The molecule has 2 aromatic rings. The number of benzene rings is 2. The Hall–Kier alpha value is -2.80. The van der Waals surface area contributed by atoms with Crippen LogP contribution < -0.4 is 15.5 Å². The first-order valence-corrected chi connectivity index (χ1v) is 7.34. The lowest BCUT2D eigenvalue weighted by Crippen LogP contribution is -3.11. The molecule has 0 radical (unpaired) electrons. The van der Waals surface area contributed by atoms with Crippen molar-refractivity contribution in [1.29, 1.82) is 0 Å². The molecule has 0 spiro atoms. The number of likely N-dealkylation sites (N-methyl/N-ethyl adjacent to an activating group) is 1. The van der Waals surface area contributed by atoms with Crippen LogP contribution in [0, 0.1) is 11.6 Å². The topological polar surface area (TPSA) is 62.6 Å². The maximum absolute atomic E-state index is 12.8. The van der Waals surface area contributed by atoms with Crippen LogP contribution >= 0.6 is 0 Å². The molecule has 2 aromatic carbocycles. The van der Waals surface area contributed by atoms with Gasteiger partial charge in [0.2, 0.25) is 0 Å². The summed E-state index contributed by atoms with van der Waals surface area (Å²) in [5.41, 5.74) is 0.981. The Morgan fingerprint density at radius 2 is 1.12 bits per heavy atom. The molecule has 0 saturated heterocycles. The molecule has 0 atom stereocenters. The molecule has 0 heterocycles. The van der Waals surface area contributed by atoms with Crippen molar-refractivity contribution in [3.05, 3.63) is 60.2 Å². The number of carbonyl (C=O) groups is 2. The van der Waals surface area contributed by atoms with Gasteiger partial charge in [0, 0.05) is 11.4 Å². The first kappa shape index (κ1) is 17.6. The fraction of sp³-hybridized carbons (Fsp3) is 0.176. The van der Waals surface area contributed by atoms with Crippen LogP contribution in [0.3, 0.4) is 0 Å². The van der Waals surface area contributed by atoms with Crippen molar-refractivity contribution in [3.63, 3.8) is 0 Å². The van der Waals surface area contributed by atoms with E-state index in [1.54, 1.807) is 7.05 Å². The van der Waals surface area contributed by atoms with Crippen LogP contribution in [0.5, 0.6) is 0 Å². The van der Waals surface area contributed by atoms with Gasteiger partial charge in [-0.1, -0.05) is 0 Å². The van der Waals surface area contributed by atoms with Gasteiger partial charge in [0.05, 0.1) is 7.05 Å². The van der Waals surface area contributed by atoms with E-state index < -0.39 is 0 Å². The van der Waals surface area contributed by atoms with Crippen molar-refractivity contribution in [1.82, 2.24) is 0 Å². The summed E-state index contributed by atoms with van der Waals surface area (Å²) in [5, 5.41) is 5.26. The second-order valence-corrected chi connectivity index (χ2v) is 5.42. The van der Waals surface area contributed by atoms with Crippen molar-refractivity contribution < 1.29 is 23.3 Å². The van der Waals surface area contributed by atoms with E-state index in [9.17, 15) is 18.4 Å². The number of halogens is 2. The molecule has 0 unspecified atom stereocenters. The Bertz CT molecular complexity index is 641. The zero-order chi connectivity index (χ0) is 17.5. The first-order chi connectivity index (χ1) is 11.4. The zero-order valence-corrected chi connectivity index (χ0v) is 13.1. The second-order valence-electron chi connectivity index (χ2n) is 5.42. The number of amides is 2. The van der Waals surface area contributed by atoms with E-state index in [0.29, 0.717) is 16.3 Å². The summed E-state index contributed by atoms with van der Waals surface area (Å²) in [6.07, 6.45) is 0. The van der Waals surface area contributed by atoms with Gasteiger partial charge in [-0.15, -0.1) is 0 Å². The predicted octanol–water partition coefficient (Wildman–Crippen LogP) is 1.06. The predicted molar refractivity (Wildman–Crippen MR) is 86.7 cm³/mol. The van der Waals surface area contributed by atoms with Crippen molar-refractivity contribution in [2.45, 2.75) is 0 Å². The highest BCUT2D eigenvalue weighted by Gasteiger charge is 2.14. The summed E-state index contributed by atoms with van der Waals surface area (Å²) in [6, 6.07) is 10.9. The van der Waals surface area contributed by atoms with Gasteiger partial charge in [-0.3, -0.25) is 9.59 Å². The van der Waals surface area contributed by atoms with E-state index in [4.69, 9.17) is 0 Å². The number of rotatable bonds is 6. The normalized spacial score (nSPS) is 10.5. The van der Waals surface area contributed by atoms with Crippen LogP contribution in [0.25, 0.3) is 0 Å². The molecule has 0 aromatic heterocycles. The van der Waals surface area contributed by atoms with Crippen molar-refractivity contribution in [2.75, 3.05) is 30.8 Å². The molecule has 0 aliphatic rings. The minimum atomic E-state index is -0.381. The van der Waals surface area contributed by atoms with E-state index in [-0.39, 0.29) is 36.5 Å². The van der Waals surface area contributed by atoms with E-state index in [0.717, 1.165) is 0 Å². The maximum Gasteiger partial charge on any atom is 0.279 e. The minimum absolute atomic E-state index is 0.0776. The van der Waals surface area contributed by atoms with Crippen LogP contribution in [0.1, 0.15) is 0 Å². The molecule has 0 saturated carbocycles. The first-order valence-electron chi connectivity index (χ1n) is 7.34. The molecule has 5 nitrogen and oxygen atoms in total. The standard InChI is InChI=1S/C17H17F2N3O2/c1-22(10-16(23)20-14-6-2-12(18)3-7-14)11-17(24)21-15-8-4-13(19)5-9-15/h2-9H,10-11H2,1H3,(H,20,23)(H,21,24)/p+1. The molecular formula is C17H18F2N3O2+. The Morgan fingerprint density at radius 3 is 1.46 bits per heavy atom. The minimum Gasteiger partial charge on any atom is -0.322 e. The lowest BCUT2D eigenvalue weighted by Gasteiger charge is -2.13. The van der Waals surface area contributed by atoms with Crippen molar-refractivity contribution >= 4 is 23.2 Å². The number of hydrogen-bond acceptors (Lipinski definition) is 2. The largest absolute Gasteiger partial charge is 0.322 e. The van der Waals surface area contributed by atoms with Gasteiger partial charge < -0.3 is 15.5 Å². The van der Waals surface area contributed by atoms with Crippen molar-refractivity contribution in [3.8, 4) is 0 Å². The summed E-state index contributed by atoms with van der Waals surface area (Å²) >= 11 is 0. The molecule has 0 fully saturated rings. The summed E-state index contributed by atoms with van der Waals surface area (Å²) in [4.78, 5) is 24.4. The van der Waals surface area contributed by atoms with E-state index >= 15 is 0 Å². The van der Waals surface area contributed by atoms with Crippen LogP contribution in [0.15, 0.2) is 48.5 Å². The van der Waals surface area contributed by atoms with Crippen LogP contribution in [0.4, 0.5) is 20.2 Å². The van der Waals surface area contributed by atoms with Gasteiger partial charge in [-0.25, -0.2) is 8.78 Å². The third-order valence-corrected chi connectivity index (χ3v) is 3.18. The number of nitrogens with one attached hydrogen (secondary N) is 3. The van der Waals surface area contributed by atoms with Gasteiger partial charge in [-0.05, 0) is 48.5 Å². The van der Waals surface area contributed by atoms with Crippen molar-refractivity contribution in [2.24, 2.45) is 0 Å². The summed E-state index contributed by atoms with van der Waals surface area (Å²) in [5.74, 6) is -1.33. The fourth-order valence-corrected chi connectivity index (χ4v) is 2.09. The molecule has 2 amide bonds. The van der Waals surface area contributed by atoms with Gasteiger partial charge in [0.15, 0.2) is 13.1 Å². The smallest absolute Gasteiger partial charge is 0.279 e. The van der Waals surface area contributed by atoms with Gasteiger partial charge >= 0.3 is 0 Å². The highest BCUT2D eigenvalue weighted by atomic mass is 19.1. The average Bonchev–Trinajstić information content (AvgIpc) is 2.51. The Labute approximate surface area is 138 Å². The van der Waals surface area contributed by atoms with Crippen LogP contribution in [-0.2, 0) is 9.59 Å². The Kier molecular flexibility index (Phi) is 5.97. The highest BCUT2D eigenvalue weighted by Crippen LogP contribution is 2.08. The lowest BCUT2D eigenvalue weighted by molar-refractivity contribution is -0.862. The molecule has 0 aliphatic carbocycles. The fourth-order valence-electron chi connectivity index (χ4n) is 2.09. The van der Waals surface area contributed by atoms with Crippen LogP contribution in [0.2, 0.25) is 0 Å². The number of carbonyl (C=O) groups excluding carboxylic acids is 2. The van der Waals surface area contributed by atoms with E-state index in [1.165, 1.54) is 48.5 Å². The monoisotopic (exact) mass is 334 g/mol. The molecule has 7 heteroatoms. The molecule has 126 valence electrons. The molecular weight excluding hydrogens is 316 g/mol. The highest BCUT2D eigenvalue weighted by molar-refractivity contribution is 5.93. The van der Waals surface area contributed by atoms with Gasteiger partial charge in [0.25, 0.3) is 11.8 Å². The third-order valence-electron chi connectivity index (χ3n) is 3.18. The zero-order valence-electron chi connectivity index (χ0n) is 13.1. The van der Waals surface area contributed by atoms with Gasteiger partial charge in [0.1, 0.15) is 11.6 Å². The number of hydrogen-bond donors (Lipinski definition) is 3. The maximum atomic E-state index is 12.8. The molecule has 0 bridgehead atoms. The Balaban J connectivity index is 1.78. The summed E-state index contributed by atoms with van der Waals surface area (Å²) in [7, 11) is 1.70. The molecule has 0 aliphatic heterocycles. The van der Waals surface area contributed by atoms with Gasteiger partial charge in [-0.2, -0.15) is 0 Å². The Morgan fingerprint density at radius 1 is 0.792 bits per heavy atom. The van der Waals surface area contributed by atoms with E-state index in [2.05, 4.69) is 10.6 Å². The quantitative estimate of drug-likeness (QED) is 0.740. The number of anilines is 2. The summed E-state index contributed by atoms with van der Waals surface area (Å²) in [6.45, 7) is 0.155. The average molecular weight is 334 g/mol. The second kappa shape index (κ2) is 8.16. The number of quaternary nitrogens is 1. The third kappa shape index (κ3) is 5.77. The van der Waals surface area contributed by atoms with E-state index in [1.807, 2.05) is 0 Å². The SMILES string of the molecule is C[NH+](CC(=O)Nc1ccc(F)cc1)CC(=O)Nc1ccc(F)cc1. The lowest BCUT2D eigenvalue weighted by atomic mass is 10.3. The molecule has 2 rings (SSSR count). The van der Waals surface area contributed by atoms with Crippen LogP contribution in [-0.4, -0.2) is 32.0 Å². The summed E-state index contributed by atoms with van der Waals surface area (Å²) < 4.78 is 25.6. The molecule has 24 heavy (non-hydrogen) atoms. The molecule has 3 N–H and O–H groups in total.